The van der Waals surface area contributed by atoms with E-state index < -0.39 is 0 Å². The molecular formula is C19H25N3OS. The van der Waals surface area contributed by atoms with E-state index in [1.54, 1.807) is 11.3 Å². The van der Waals surface area contributed by atoms with Gasteiger partial charge in [-0.2, -0.15) is 0 Å². The van der Waals surface area contributed by atoms with Gasteiger partial charge in [0.2, 0.25) is 0 Å². The minimum Gasteiger partial charge on any atom is -0.312 e. The van der Waals surface area contributed by atoms with Gasteiger partial charge in [0.25, 0.3) is 0 Å². The molecule has 1 unspecified atom stereocenters. The monoisotopic (exact) mass is 343 g/mol. The van der Waals surface area contributed by atoms with E-state index in [0.717, 1.165) is 31.2 Å². The van der Waals surface area contributed by atoms with E-state index in [1.807, 2.05) is 23.1 Å². The van der Waals surface area contributed by atoms with Crippen LogP contribution in [0.4, 0.5) is 9.80 Å². The Labute approximate surface area is 148 Å². The van der Waals surface area contributed by atoms with Crippen molar-refractivity contribution in [2.45, 2.75) is 26.8 Å². The minimum absolute atomic E-state index is 0.00300. The van der Waals surface area contributed by atoms with Crippen molar-refractivity contribution in [3.63, 3.8) is 0 Å². The molecule has 2 heterocycles. The number of fused-ring (bicyclic) bond motifs is 1. The molecule has 0 radical (unpaired) electrons. The molecule has 2 amide bonds. The third-order valence-electron chi connectivity index (χ3n) is 4.76. The summed E-state index contributed by atoms with van der Waals surface area (Å²) in [6.07, 6.45) is 0. The van der Waals surface area contributed by atoms with Gasteiger partial charge in [0.15, 0.2) is 0 Å². The predicted molar refractivity (Wildman–Crippen MR) is 101 cm³/mol. The predicted octanol–water partition coefficient (Wildman–Crippen LogP) is 4.34. The first-order chi connectivity index (χ1) is 11.7. The lowest BCUT2D eigenvalue weighted by Crippen LogP contribution is -2.46. The number of aryl methyl sites for hydroxylation is 1. The first kappa shape index (κ1) is 17.0. The molecule has 128 valence electrons. The van der Waals surface area contributed by atoms with Gasteiger partial charge in [0.1, 0.15) is 5.00 Å². The minimum atomic E-state index is -0.00300. The van der Waals surface area contributed by atoms with Crippen molar-refractivity contribution in [3.8, 4) is 0 Å². The van der Waals surface area contributed by atoms with Crippen molar-refractivity contribution in [1.82, 2.24) is 9.80 Å². The second kappa shape index (κ2) is 7.36. The molecule has 1 aliphatic rings. The maximum Gasteiger partial charge on any atom is 0.323 e. The molecule has 1 atom stereocenters. The van der Waals surface area contributed by atoms with Crippen LogP contribution in [0.1, 0.15) is 36.6 Å². The Hall–Kier alpha value is -1.85. The van der Waals surface area contributed by atoms with Crippen molar-refractivity contribution < 1.29 is 4.79 Å². The highest BCUT2D eigenvalue weighted by molar-refractivity contribution is 7.14. The number of nitrogens with one attached hydrogen (secondary N) is 1. The molecular weight excluding hydrogens is 318 g/mol. The topological polar surface area (TPSA) is 35.6 Å². The van der Waals surface area contributed by atoms with E-state index in [1.165, 1.54) is 16.7 Å². The van der Waals surface area contributed by atoms with Crippen molar-refractivity contribution in [1.29, 1.82) is 0 Å². The second-order valence-electron chi connectivity index (χ2n) is 6.13. The average molecular weight is 343 g/mol. The fourth-order valence-electron chi connectivity index (χ4n) is 3.33. The van der Waals surface area contributed by atoms with Crippen LogP contribution in [-0.4, -0.2) is 42.0 Å². The highest BCUT2D eigenvalue weighted by atomic mass is 32.1. The molecule has 0 spiro atoms. The molecule has 0 bridgehead atoms. The number of amides is 2. The third kappa shape index (κ3) is 3.19. The van der Waals surface area contributed by atoms with Gasteiger partial charge in [-0.1, -0.05) is 44.2 Å². The Morgan fingerprint density at radius 2 is 1.92 bits per heavy atom. The molecule has 24 heavy (non-hydrogen) atoms. The number of likely N-dealkylation sites (N-methyl/N-ethyl adjacent to an activating group) is 1. The summed E-state index contributed by atoms with van der Waals surface area (Å²) in [7, 11) is 0. The number of benzene rings is 1. The number of carbonyl (C=O) groups excluding carboxylic acids is 1. The summed E-state index contributed by atoms with van der Waals surface area (Å²) >= 11 is 1.62. The summed E-state index contributed by atoms with van der Waals surface area (Å²) in [5, 5.41) is 6.20. The van der Waals surface area contributed by atoms with E-state index in [2.05, 4.69) is 48.5 Å². The lowest BCUT2D eigenvalue weighted by molar-refractivity contribution is 0.179. The van der Waals surface area contributed by atoms with Crippen molar-refractivity contribution in [2.75, 3.05) is 31.5 Å². The van der Waals surface area contributed by atoms with Gasteiger partial charge in [0, 0.05) is 18.7 Å². The second-order valence-corrected chi connectivity index (χ2v) is 7.00. The summed E-state index contributed by atoms with van der Waals surface area (Å²) in [6, 6.07) is 10.4. The molecule has 0 saturated carbocycles. The zero-order chi connectivity index (χ0) is 17.1. The standard InChI is InChI=1S/C19H25N3OS/c1-4-21(5-2)11-12-22-17(15-9-7-6-8-10-15)16-14(3)13-24-18(16)20-19(22)23/h6-10,13,17H,4-5,11-12H2,1-3H3,(H,20,23). The first-order valence-electron chi connectivity index (χ1n) is 8.58. The zero-order valence-corrected chi connectivity index (χ0v) is 15.4. The number of rotatable bonds is 6. The summed E-state index contributed by atoms with van der Waals surface area (Å²) in [5.74, 6) is 0. The number of urea groups is 1. The zero-order valence-electron chi connectivity index (χ0n) is 14.6. The van der Waals surface area contributed by atoms with E-state index in [-0.39, 0.29) is 12.1 Å². The van der Waals surface area contributed by atoms with E-state index in [9.17, 15) is 4.79 Å². The highest BCUT2D eigenvalue weighted by Gasteiger charge is 2.35. The van der Waals surface area contributed by atoms with Crippen LogP contribution < -0.4 is 5.32 Å². The first-order valence-corrected chi connectivity index (χ1v) is 9.46. The quantitative estimate of drug-likeness (QED) is 0.847. The summed E-state index contributed by atoms with van der Waals surface area (Å²) in [5.41, 5.74) is 3.66. The van der Waals surface area contributed by atoms with Crippen molar-refractivity contribution in [2.24, 2.45) is 0 Å². The average Bonchev–Trinajstić information content (AvgIpc) is 2.97. The van der Waals surface area contributed by atoms with Crippen LogP contribution in [-0.2, 0) is 0 Å². The van der Waals surface area contributed by atoms with Gasteiger partial charge in [-0.05, 0) is 36.5 Å². The molecule has 1 aliphatic heterocycles. The molecule has 0 aliphatic carbocycles. The van der Waals surface area contributed by atoms with Crippen LogP contribution in [0.25, 0.3) is 0 Å². The normalized spacial score (nSPS) is 17.1. The van der Waals surface area contributed by atoms with E-state index in [4.69, 9.17) is 0 Å². The van der Waals surface area contributed by atoms with E-state index >= 15 is 0 Å². The molecule has 1 aromatic carbocycles. The maximum absolute atomic E-state index is 12.7. The van der Waals surface area contributed by atoms with Crippen LogP contribution in [0.15, 0.2) is 35.7 Å². The number of hydrogen-bond acceptors (Lipinski definition) is 3. The number of nitrogens with zero attached hydrogens (tertiary/aromatic N) is 2. The Bertz CT molecular complexity index is 694. The molecule has 3 rings (SSSR count). The third-order valence-corrected chi connectivity index (χ3v) is 5.79. The largest absolute Gasteiger partial charge is 0.323 e. The van der Waals surface area contributed by atoms with Crippen LogP contribution in [0.5, 0.6) is 0 Å². The van der Waals surface area contributed by atoms with Crippen molar-refractivity contribution >= 4 is 22.4 Å². The number of hydrogen-bond donors (Lipinski definition) is 1. The molecule has 4 nitrogen and oxygen atoms in total. The van der Waals surface area contributed by atoms with Gasteiger partial charge >= 0.3 is 6.03 Å². The number of anilines is 1. The lowest BCUT2D eigenvalue weighted by atomic mass is 9.94. The molecule has 1 aromatic heterocycles. The van der Waals surface area contributed by atoms with Crippen molar-refractivity contribution in [3.05, 3.63) is 52.4 Å². The Morgan fingerprint density at radius 3 is 2.58 bits per heavy atom. The van der Waals surface area contributed by atoms with Gasteiger partial charge < -0.3 is 9.80 Å². The summed E-state index contributed by atoms with van der Waals surface area (Å²) < 4.78 is 0. The lowest BCUT2D eigenvalue weighted by Gasteiger charge is -2.38. The van der Waals surface area contributed by atoms with Gasteiger partial charge in [-0.3, -0.25) is 5.32 Å². The Kier molecular flexibility index (Phi) is 5.21. The Morgan fingerprint density at radius 1 is 1.21 bits per heavy atom. The fourth-order valence-corrected chi connectivity index (χ4v) is 4.30. The summed E-state index contributed by atoms with van der Waals surface area (Å²) in [4.78, 5) is 17.1. The van der Waals surface area contributed by atoms with Crippen LogP contribution in [0.3, 0.4) is 0 Å². The van der Waals surface area contributed by atoms with Gasteiger partial charge in [0.05, 0.1) is 6.04 Å². The molecule has 1 N–H and O–H groups in total. The maximum atomic E-state index is 12.7. The van der Waals surface area contributed by atoms with E-state index in [0.29, 0.717) is 0 Å². The van der Waals surface area contributed by atoms with Gasteiger partial charge in [-0.25, -0.2) is 4.79 Å². The number of carbonyl (C=O) groups is 1. The van der Waals surface area contributed by atoms with Crippen LogP contribution in [0, 0.1) is 6.92 Å². The van der Waals surface area contributed by atoms with Crippen LogP contribution in [0.2, 0.25) is 0 Å². The van der Waals surface area contributed by atoms with Crippen LogP contribution >= 0.6 is 11.3 Å². The Balaban J connectivity index is 1.96. The molecule has 5 heteroatoms. The molecule has 2 aromatic rings. The fraction of sp³-hybridized carbons (Fsp3) is 0.421. The summed E-state index contributed by atoms with van der Waals surface area (Å²) in [6.45, 7) is 10.1. The highest BCUT2D eigenvalue weighted by Crippen LogP contribution is 2.42. The number of thiophene rings is 1. The SMILES string of the molecule is CCN(CC)CCN1C(=O)Nc2scc(C)c2C1c1ccccc1. The molecule has 0 saturated heterocycles. The molecule has 0 fully saturated rings. The smallest absolute Gasteiger partial charge is 0.312 e. The van der Waals surface area contributed by atoms with Gasteiger partial charge in [-0.15, -0.1) is 11.3 Å².